The van der Waals surface area contributed by atoms with E-state index in [0.717, 1.165) is 72.8 Å². The van der Waals surface area contributed by atoms with Crippen LogP contribution in [0.3, 0.4) is 0 Å². The molecular weight excluding hydrogens is 839 g/mol. The molecule has 12 nitrogen and oxygen atoms in total. The molecule has 5 N–H and O–H groups in total. The third kappa shape index (κ3) is 7.86. The van der Waals surface area contributed by atoms with Gasteiger partial charge in [0.15, 0.2) is 0 Å². The largest absolute Gasteiger partial charge is 0.356 e. The van der Waals surface area contributed by atoms with Gasteiger partial charge < -0.3 is 20.9 Å². The fourth-order valence-corrected chi connectivity index (χ4v) is 12.2. The van der Waals surface area contributed by atoms with E-state index in [9.17, 15) is 28.8 Å². The summed E-state index contributed by atoms with van der Waals surface area (Å²) in [5.74, 6) is -1.86. The van der Waals surface area contributed by atoms with Gasteiger partial charge in [-0.25, -0.2) is 0 Å². The van der Waals surface area contributed by atoms with Crippen molar-refractivity contribution in [2.24, 2.45) is 5.92 Å². The van der Waals surface area contributed by atoms with Gasteiger partial charge in [0.05, 0.1) is 6.04 Å². The predicted octanol–water partition coefficient (Wildman–Crippen LogP) is 7.08. The summed E-state index contributed by atoms with van der Waals surface area (Å²) in [6, 6.07) is 17.3. The minimum absolute atomic E-state index is 0.0278. The minimum Gasteiger partial charge on any atom is -0.356 e. The van der Waals surface area contributed by atoms with Gasteiger partial charge in [-0.05, 0) is 117 Å². The molecule has 0 radical (unpaired) electrons. The van der Waals surface area contributed by atoms with Gasteiger partial charge in [-0.1, -0.05) is 84.4 Å². The van der Waals surface area contributed by atoms with Gasteiger partial charge in [0, 0.05) is 64.2 Å². The van der Waals surface area contributed by atoms with Crippen LogP contribution >= 0.6 is 23.2 Å². The van der Waals surface area contributed by atoms with Crippen molar-refractivity contribution in [1.82, 2.24) is 26.2 Å². The zero-order valence-electron chi connectivity index (χ0n) is 35.5. The van der Waals surface area contributed by atoms with E-state index in [0.29, 0.717) is 66.5 Å². The number of hydrogen-bond acceptors (Lipinski definition) is 7. The van der Waals surface area contributed by atoms with Crippen LogP contribution in [-0.4, -0.2) is 70.6 Å². The van der Waals surface area contributed by atoms with Crippen LogP contribution in [0.15, 0.2) is 66.2 Å². The normalized spacial score (nSPS) is 27.6. The van der Waals surface area contributed by atoms with Crippen molar-refractivity contribution >= 4 is 70.4 Å². The van der Waals surface area contributed by atoms with E-state index >= 15 is 0 Å². The lowest BCUT2D eigenvalue weighted by molar-refractivity contribution is -0.137. The van der Waals surface area contributed by atoms with E-state index in [1.807, 2.05) is 55.5 Å². The molecule has 63 heavy (non-hydrogen) atoms. The van der Waals surface area contributed by atoms with Gasteiger partial charge in [-0.2, -0.15) is 0 Å². The van der Waals surface area contributed by atoms with Crippen LogP contribution in [0.5, 0.6) is 0 Å². The van der Waals surface area contributed by atoms with Crippen molar-refractivity contribution in [3.8, 4) is 0 Å². The van der Waals surface area contributed by atoms with Gasteiger partial charge in [-0.3, -0.25) is 39.4 Å². The van der Waals surface area contributed by atoms with Gasteiger partial charge >= 0.3 is 0 Å². The van der Waals surface area contributed by atoms with Crippen LogP contribution in [0.4, 0.5) is 5.69 Å². The molecule has 9 rings (SSSR count). The molecule has 2 saturated heterocycles. The molecule has 0 bridgehead atoms. The number of benzene rings is 3. The van der Waals surface area contributed by atoms with Crippen molar-refractivity contribution in [2.45, 2.75) is 132 Å². The molecule has 0 aromatic heterocycles. The number of carbonyl (C=O) groups excluding carboxylic acids is 6. The summed E-state index contributed by atoms with van der Waals surface area (Å²) in [7, 11) is 0. The Morgan fingerprint density at radius 3 is 2.40 bits per heavy atom. The summed E-state index contributed by atoms with van der Waals surface area (Å²) in [6.07, 6.45) is 11.2. The molecule has 4 heterocycles. The Morgan fingerprint density at radius 1 is 0.873 bits per heavy atom. The zero-order chi connectivity index (χ0) is 44.0. The highest BCUT2D eigenvalue weighted by atomic mass is 35.5. The molecule has 6 amide bonds. The summed E-state index contributed by atoms with van der Waals surface area (Å²) >= 11 is 13.1. The van der Waals surface area contributed by atoms with Gasteiger partial charge in [0.2, 0.25) is 29.5 Å². The number of nitrogens with one attached hydrogen (secondary N) is 5. The second-order valence-electron chi connectivity index (χ2n) is 18.5. The Labute approximate surface area is 377 Å². The zero-order valence-corrected chi connectivity index (χ0v) is 37.0. The molecule has 4 fully saturated rings. The molecule has 4 atom stereocenters. The standard InChI is InChI=1S/C49H54Cl2N6O6/c1-28(24-30-9-6-12-35-36(30)27-57(46(35)62)39-19-20-40(58)55-44(39)60)8-7-23-52-43(59)29-13-16-34(17-14-29)53-45(61)42-41(31-10-5-11-32(50)25-31)49(48(56-42)21-3-2-4-22-48)37-18-15-33(51)26-38(37)54-47(49)63/h5-6,9-12,15,18,24-26,29,34,39,41-42,56H,2-4,7-8,13-14,16-17,19-23,27H2,1H3,(H,52,59)(H,53,61)(H,54,63)(H,55,58,60)/b28-24+/t29?,34?,39?,41-,42+,49+/m0/s1. The Balaban J connectivity index is 0.808. The Hall–Kier alpha value is -5.04. The third-order valence-electron chi connectivity index (χ3n) is 14.7. The second-order valence-corrected chi connectivity index (χ2v) is 19.3. The summed E-state index contributed by atoms with van der Waals surface area (Å²) in [5.41, 5.74) is 4.16. The Kier molecular flexibility index (Phi) is 12.0. The van der Waals surface area contributed by atoms with Crippen LogP contribution in [0.1, 0.15) is 129 Å². The van der Waals surface area contributed by atoms with Crippen LogP contribution < -0.4 is 26.6 Å². The molecule has 6 aliphatic rings. The molecule has 14 heteroatoms. The minimum atomic E-state index is -1.06. The lowest BCUT2D eigenvalue weighted by Crippen LogP contribution is -2.60. The number of piperidine rings is 1. The first-order valence-electron chi connectivity index (χ1n) is 22.5. The average molecular weight is 894 g/mol. The van der Waals surface area contributed by atoms with E-state index in [4.69, 9.17) is 23.2 Å². The number of halogens is 2. The molecule has 330 valence electrons. The summed E-state index contributed by atoms with van der Waals surface area (Å²) < 4.78 is 0. The molecule has 2 aliphatic carbocycles. The van der Waals surface area contributed by atoms with Gasteiger partial charge in [0.1, 0.15) is 11.5 Å². The molecule has 4 aliphatic heterocycles. The second kappa shape index (κ2) is 17.5. The maximum Gasteiger partial charge on any atom is 0.255 e. The van der Waals surface area contributed by atoms with E-state index in [1.54, 1.807) is 17.0 Å². The van der Waals surface area contributed by atoms with Crippen LogP contribution in [-0.2, 0) is 35.9 Å². The molecule has 1 unspecified atom stereocenters. The Morgan fingerprint density at radius 2 is 1.63 bits per heavy atom. The Bertz CT molecular complexity index is 2410. The lowest BCUT2D eigenvalue weighted by Gasteiger charge is -2.47. The summed E-state index contributed by atoms with van der Waals surface area (Å²) in [4.78, 5) is 81.7. The number of allylic oxidation sites excluding steroid dienone is 1. The molecule has 3 aromatic carbocycles. The quantitative estimate of drug-likeness (QED) is 0.107. The van der Waals surface area contributed by atoms with Gasteiger partial charge in [-0.15, -0.1) is 0 Å². The average Bonchev–Trinajstić information content (AvgIpc) is 3.86. The first kappa shape index (κ1) is 43.2. The van der Waals surface area contributed by atoms with E-state index < -0.39 is 34.9 Å². The van der Waals surface area contributed by atoms with Crippen LogP contribution in [0.25, 0.3) is 6.08 Å². The molecule has 2 spiro atoms. The highest BCUT2D eigenvalue weighted by Crippen LogP contribution is 2.62. The molecular formula is C49H54Cl2N6O6. The first-order valence-corrected chi connectivity index (χ1v) is 23.3. The number of anilines is 1. The van der Waals surface area contributed by atoms with Crippen LogP contribution in [0, 0.1) is 5.92 Å². The number of carbonyl (C=O) groups is 6. The maximum absolute atomic E-state index is 14.7. The van der Waals surface area contributed by atoms with E-state index in [2.05, 4.69) is 32.7 Å². The van der Waals surface area contributed by atoms with Crippen molar-refractivity contribution in [3.05, 3.63) is 104 Å². The fourth-order valence-electron chi connectivity index (χ4n) is 11.8. The lowest BCUT2D eigenvalue weighted by atomic mass is 9.55. The summed E-state index contributed by atoms with van der Waals surface area (Å²) in [5, 5.41) is 16.9. The smallest absolute Gasteiger partial charge is 0.255 e. The first-order chi connectivity index (χ1) is 30.4. The SMILES string of the molecule is C/C(=C\c1cccc2c1CN(C1CCC(=O)NC1=O)C2=O)CCCNC(=O)C1CCC(NC(=O)[C@@H]2NC3(CCCCC3)[C@@]3(C(=O)Nc4cc(Cl)ccc43)[C@H]2c2cccc(Cl)c2)CC1. The van der Waals surface area contributed by atoms with Crippen LogP contribution in [0.2, 0.25) is 10.0 Å². The number of fused-ring (bicyclic) bond motifs is 4. The monoisotopic (exact) mass is 892 g/mol. The van der Waals surface area contributed by atoms with Gasteiger partial charge in [0.25, 0.3) is 5.91 Å². The highest BCUT2D eigenvalue weighted by molar-refractivity contribution is 6.31. The van der Waals surface area contributed by atoms with Crippen molar-refractivity contribution in [3.63, 3.8) is 0 Å². The summed E-state index contributed by atoms with van der Waals surface area (Å²) in [6.45, 7) is 2.88. The number of amides is 6. The van der Waals surface area contributed by atoms with Crippen molar-refractivity contribution < 1.29 is 28.8 Å². The maximum atomic E-state index is 14.7. The highest BCUT2D eigenvalue weighted by Gasteiger charge is 2.72. The number of imide groups is 1. The molecule has 3 aromatic rings. The molecule has 2 saturated carbocycles. The predicted molar refractivity (Wildman–Crippen MR) is 241 cm³/mol. The number of hydrogen-bond donors (Lipinski definition) is 5. The van der Waals surface area contributed by atoms with E-state index in [-0.39, 0.29) is 47.9 Å². The fraction of sp³-hybridized carbons (Fsp3) is 0.469. The van der Waals surface area contributed by atoms with E-state index in [1.165, 1.54) is 0 Å². The number of rotatable bonds is 10. The number of nitrogens with zero attached hydrogens (tertiary/aromatic N) is 1. The third-order valence-corrected chi connectivity index (χ3v) is 15.2. The van der Waals surface area contributed by atoms with Crippen molar-refractivity contribution in [2.75, 3.05) is 11.9 Å². The topological polar surface area (TPSA) is 166 Å². The van der Waals surface area contributed by atoms with Crippen molar-refractivity contribution in [1.29, 1.82) is 0 Å².